The third kappa shape index (κ3) is 7.49. The van der Waals surface area contributed by atoms with Crippen LogP contribution in [0.3, 0.4) is 0 Å². The molecular weight excluding hydrogens is 494 g/mol. The average Bonchev–Trinajstić information content (AvgIpc) is 2.83. The molecule has 34 heavy (non-hydrogen) atoms. The first kappa shape index (κ1) is 26.1. The maximum absolute atomic E-state index is 13.4. The van der Waals surface area contributed by atoms with Crippen LogP contribution < -0.4 is 5.32 Å². The largest absolute Gasteiger partial charge is 0.357 e. The van der Waals surface area contributed by atoms with Crippen LogP contribution in [0, 0.1) is 5.82 Å². The second kappa shape index (κ2) is 12.8. The van der Waals surface area contributed by atoms with E-state index in [-0.39, 0.29) is 29.9 Å². The number of rotatable bonds is 10. The Hall–Kier alpha value is -2.54. The fraction of sp³-hybridized carbons (Fsp3) is 0.231. The molecule has 3 aromatic rings. The second-order valence-corrected chi connectivity index (χ2v) is 9.53. The summed E-state index contributed by atoms with van der Waals surface area (Å²) in [5, 5.41) is 3.61. The van der Waals surface area contributed by atoms with E-state index in [0.717, 1.165) is 11.1 Å². The first-order valence-electron chi connectivity index (χ1n) is 10.7. The third-order valence-corrected chi connectivity index (χ3v) is 6.86. The minimum Gasteiger partial charge on any atom is -0.357 e. The highest BCUT2D eigenvalue weighted by atomic mass is 35.5. The number of nitrogens with one attached hydrogen (secondary N) is 1. The van der Waals surface area contributed by atoms with Gasteiger partial charge in [0.2, 0.25) is 11.8 Å². The minimum absolute atomic E-state index is 0.158. The van der Waals surface area contributed by atoms with Gasteiger partial charge in [-0.05, 0) is 41.0 Å². The first-order valence-corrected chi connectivity index (χ1v) is 12.6. The number of nitrogens with zero attached hydrogens (tertiary/aromatic N) is 1. The fourth-order valence-corrected chi connectivity index (χ4v) is 4.81. The molecule has 0 radical (unpaired) electrons. The number of likely N-dealkylation sites (N-methyl/N-ethyl adjacent to an activating group) is 1. The molecule has 0 saturated carbocycles. The normalized spacial score (nSPS) is 11.6. The fourth-order valence-electron chi connectivity index (χ4n) is 3.47. The van der Waals surface area contributed by atoms with Crippen LogP contribution in [-0.2, 0) is 28.3 Å². The lowest BCUT2D eigenvalue weighted by atomic mass is 10.0. The Bertz CT molecular complexity index is 1110. The summed E-state index contributed by atoms with van der Waals surface area (Å²) < 4.78 is 13.2. The van der Waals surface area contributed by atoms with Gasteiger partial charge in [0.15, 0.2) is 0 Å². The van der Waals surface area contributed by atoms with Crippen molar-refractivity contribution in [1.82, 2.24) is 10.2 Å². The summed E-state index contributed by atoms with van der Waals surface area (Å²) in [6, 6.07) is 20.1. The van der Waals surface area contributed by atoms with Gasteiger partial charge >= 0.3 is 0 Å². The summed E-state index contributed by atoms with van der Waals surface area (Å²) in [4.78, 5) is 27.9. The van der Waals surface area contributed by atoms with E-state index in [1.54, 1.807) is 42.3 Å². The number of hydrogen-bond donors (Lipinski definition) is 1. The average molecular weight is 519 g/mol. The van der Waals surface area contributed by atoms with Crippen molar-refractivity contribution in [3.05, 3.63) is 105 Å². The van der Waals surface area contributed by atoms with Crippen molar-refractivity contribution >= 4 is 46.8 Å². The maximum atomic E-state index is 13.4. The lowest BCUT2D eigenvalue weighted by Gasteiger charge is -2.31. The molecule has 0 aliphatic carbocycles. The van der Waals surface area contributed by atoms with Crippen molar-refractivity contribution in [2.45, 2.75) is 24.8 Å². The van der Waals surface area contributed by atoms with Gasteiger partial charge in [0.1, 0.15) is 11.9 Å². The van der Waals surface area contributed by atoms with E-state index in [4.69, 9.17) is 23.2 Å². The monoisotopic (exact) mass is 518 g/mol. The number of hydrogen-bond acceptors (Lipinski definition) is 3. The van der Waals surface area contributed by atoms with Gasteiger partial charge < -0.3 is 10.2 Å². The van der Waals surface area contributed by atoms with Crippen LogP contribution in [0.4, 0.5) is 4.39 Å². The predicted octanol–water partition coefficient (Wildman–Crippen LogP) is 5.75. The zero-order valence-electron chi connectivity index (χ0n) is 18.6. The second-order valence-electron chi connectivity index (χ2n) is 7.70. The quantitative estimate of drug-likeness (QED) is 0.371. The Morgan fingerprint density at radius 3 is 2.35 bits per heavy atom. The highest BCUT2D eigenvalue weighted by Crippen LogP contribution is 2.25. The molecule has 0 heterocycles. The Kier molecular flexibility index (Phi) is 9.81. The molecule has 4 nitrogen and oxygen atoms in total. The lowest BCUT2D eigenvalue weighted by molar-refractivity contribution is -0.139. The van der Waals surface area contributed by atoms with Gasteiger partial charge in [0.25, 0.3) is 0 Å². The van der Waals surface area contributed by atoms with Gasteiger partial charge in [-0.1, -0.05) is 71.7 Å². The molecule has 1 N–H and O–H groups in total. The molecule has 0 aliphatic heterocycles. The van der Waals surface area contributed by atoms with E-state index in [9.17, 15) is 14.0 Å². The van der Waals surface area contributed by atoms with E-state index in [2.05, 4.69) is 5.32 Å². The Balaban J connectivity index is 1.83. The highest BCUT2D eigenvalue weighted by Gasteiger charge is 2.30. The van der Waals surface area contributed by atoms with Crippen LogP contribution in [0.1, 0.15) is 16.7 Å². The topological polar surface area (TPSA) is 49.4 Å². The number of carbonyl (C=O) groups excluding carboxylic acids is 2. The molecule has 3 rings (SSSR count). The summed E-state index contributed by atoms with van der Waals surface area (Å²) in [6.07, 6.45) is 0.361. The first-order chi connectivity index (χ1) is 16.4. The molecule has 1 unspecified atom stereocenters. The Labute approximate surface area is 213 Å². The van der Waals surface area contributed by atoms with Gasteiger partial charge in [-0.25, -0.2) is 4.39 Å². The van der Waals surface area contributed by atoms with E-state index in [1.807, 2.05) is 30.3 Å². The molecule has 0 bridgehead atoms. The summed E-state index contributed by atoms with van der Waals surface area (Å²) in [6.45, 7) is 0.164. The molecule has 178 valence electrons. The molecule has 2 amide bonds. The lowest BCUT2D eigenvalue weighted by Crippen LogP contribution is -2.50. The minimum atomic E-state index is -0.724. The number of amides is 2. The SMILES string of the molecule is CNC(=O)C(Cc1ccccc1)N(Cc1ccc(Cl)cc1Cl)C(=O)CSCc1ccc(F)cc1. The molecule has 8 heteroatoms. The van der Waals surface area contributed by atoms with Crippen LogP contribution in [0.15, 0.2) is 72.8 Å². The van der Waals surface area contributed by atoms with Gasteiger partial charge in [0.05, 0.1) is 5.75 Å². The van der Waals surface area contributed by atoms with Crippen molar-refractivity contribution in [2.24, 2.45) is 0 Å². The smallest absolute Gasteiger partial charge is 0.242 e. The predicted molar refractivity (Wildman–Crippen MR) is 138 cm³/mol. The number of halogens is 3. The van der Waals surface area contributed by atoms with Crippen LogP contribution in [-0.4, -0.2) is 35.6 Å². The third-order valence-electron chi connectivity index (χ3n) is 5.28. The molecule has 0 aliphatic rings. The van der Waals surface area contributed by atoms with Crippen LogP contribution in [0.2, 0.25) is 10.0 Å². The molecular formula is C26H25Cl2FN2O2S. The highest BCUT2D eigenvalue weighted by molar-refractivity contribution is 7.99. The van der Waals surface area contributed by atoms with Crippen molar-refractivity contribution in [3.8, 4) is 0 Å². The molecule has 0 fully saturated rings. The molecule has 0 aromatic heterocycles. The number of carbonyl (C=O) groups is 2. The van der Waals surface area contributed by atoms with Crippen LogP contribution in [0.25, 0.3) is 0 Å². The van der Waals surface area contributed by atoms with Crippen molar-refractivity contribution in [1.29, 1.82) is 0 Å². The van der Waals surface area contributed by atoms with Crippen molar-refractivity contribution in [3.63, 3.8) is 0 Å². The standard InChI is InChI=1S/C26H25Cl2FN2O2S/c1-30-26(33)24(13-18-5-3-2-4-6-18)31(15-20-9-10-21(27)14-23(20)28)25(32)17-34-16-19-7-11-22(29)12-8-19/h2-12,14,24H,13,15-17H2,1H3,(H,30,33). The van der Waals surface area contributed by atoms with Crippen LogP contribution in [0.5, 0.6) is 0 Å². The Morgan fingerprint density at radius 1 is 1.00 bits per heavy atom. The van der Waals surface area contributed by atoms with Gasteiger partial charge in [-0.15, -0.1) is 11.8 Å². The maximum Gasteiger partial charge on any atom is 0.242 e. The molecule has 0 spiro atoms. The van der Waals surface area contributed by atoms with Crippen molar-refractivity contribution < 1.29 is 14.0 Å². The molecule has 1 atom stereocenters. The number of thioether (sulfide) groups is 1. The van der Waals surface area contributed by atoms with Gasteiger partial charge in [-0.2, -0.15) is 0 Å². The van der Waals surface area contributed by atoms with Gasteiger partial charge in [0, 0.05) is 35.8 Å². The number of benzene rings is 3. The van der Waals surface area contributed by atoms with E-state index < -0.39 is 6.04 Å². The van der Waals surface area contributed by atoms with E-state index >= 15 is 0 Å². The van der Waals surface area contributed by atoms with Gasteiger partial charge in [-0.3, -0.25) is 9.59 Å². The molecule has 0 saturated heterocycles. The summed E-state index contributed by atoms with van der Waals surface area (Å²) in [7, 11) is 1.56. The summed E-state index contributed by atoms with van der Waals surface area (Å²) in [5.74, 6) is -0.0471. The zero-order chi connectivity index (χ0) is 24.5. The van der Waals surface area contributed by atoms with Crippen LogP contribution >= 0.6 is 35.0 Å². The van der Waals surface area contributed by atoms with Crippen molar-refractivity contribution in [2.75, 3.05) is 12.8 Å². The zero-order valence-corrected chi connectivity index (χ0v) is 21.0. The summed E-state index contributed by atoms with van der Waals surface area (Å²) >= 11 is 13.8. The summed E-state index contributed by atoms with van der Waals surface area (Å²) in [5.41, 5.74) is 2.55. The van der Waals surface area contributed by atoms with E-state index in [0.29, 0.717) is 27.8 Å². The Morgan fingerprint density at radius 2 is 1.71 bits per heavy atom. The van der Waals surface area contributed by atoms with E-state index in [1.165, 1.54) is 23.9 Å². The molecule has 3 aromatic carbocycles.